The average Bonchev–Trinajstić information content (AvgIpc) is 2.53. The number of esters is 1. The van der Waals surface area contributed by atoms with E-state index in [0.29, 0.717) is 17.8 Å². The van der Waals surface area contributed by atoms with Gasteiger partial charge in [0.1, 0.15) is 12.2 Å². The quantitative estimate of drug-likeness (QED) is 0.577. The van der Waals surface area contributed by atoms with Gasteiger partial charge in [0, 0.05) is 12.0 Å². The third-order valence-corrected chi connectivity index (χ3v) is 5.27. The van der Waals surface area contributed by atoms with Gasteiger partial charge in [-0.25, -0.2) is 0 Å². The van der Waals surface area contributed by atoms with Gasteiger partial charge in [-0.1, -0.05) is 41.0 Å². The standard InChI is InChI=1S/C19H35NO5/c1-12(2)14-7-6-13(3)10-15(14)25-16(22)8-9-20-18(24)17(23)19(4,5)11-21/h12-15,17,21,23H,6-11H2,1-5H3,(H,20,24)/t13-,14+,15-,17+/m1/s1. The van der Waals surface area contributed by atoms with Gasteiger partial charge >= 0.3 is 5.97 Å². The molecule has 6 heteroatoms. The van der Waals surface area contributed by atoms with Crippen LogP contribution in [0, 0.1) is 23.2 Å². The van der Waals surface area contributed by atoms with Crippen LogP contribution in [0.5, 0.6) is 0 Å². The van der Waals surface area contributed by atoms with Crippen LogP contribution in [0.2, 0.25) is 0 Å². The Morgan fingerprint density at radius 3 is 2.48 bits per heavy atom. The number of carbonyl (C=O) groups is 2. The van der Waals surface area contributed by atoms with Gasteiger partial charge in [0.2, 0.25) is 5.91 Å². The van der Waals surface area contributed by atoms with Crippen molar-refractivity contribution in [3.05, 3.63) is 0 Å². The lowest BCUT2D eigenvalue weighted by Crippen LogP contribution is -2.46. The van der Waals surface area contributed by atoms with Gasteiger partial charge in [0.15, 0.2) is 0 Å². The first-order chi connectivity index (χ1) is 11.6. The maximum atomic E-state index is 12.1. The van der Waals surface area contributed by atoms with E-state index in [1.165, 1.54) is 6.42 Å². The Kier molecular flexibility index (Phi) is 8.35. The maximum absolute atomic E-state index is 12.1. The molecule has 25 heavy (non-hydrogen) atoms. The van der Waals surface area contributed by atoms with Crippen LogP contribution in [0.3, 0.4) is 0 Å². The molecule has 0 radical (unpaired) electrons. The first-order valence-corrected chi connectivity index (χ1v) is 9.34. The van der Waals surface area contributed by atoms with Gasteiger partial charge in [-0.2, -0.15) is 0 Å². The normalized spacial score (nSPS) is 25.5. The number of aliphatic hydroxyl groups excluding tert-OH is 2. The molecule has 0 unspecified atom stereocenters. The molecule has 3 N–H and O–H groups in total. The largest absolute Gasteiger partial charge is 0.462 e. The number of hydrogen-bond acceptors (Lipinski definition) is 5. The second-order valence-electron chi connectivity index (χ2n) is 8.44. The summed E-state index contributed by atoms with van der Waals surface area (Å²) < 4.78 is 5.67. The molecule has 0 aromatic rings. The molecular formula is C19H35NO5. The molecule has 0 aliphatic heterocycles. The lowest BCUT2D eigenvalue weighted by Gasteiger charge is -2.36. The monoisotopic (exact) mass is 357 g/mol. The summed E-state index contributed by atoms with van der Waals surface area (Å²) in [6.07, 6.45) is 1.85. The van der Waals surface area contributed by atoms with Crippen molar-refractivity contribution in [1.82, 2.24) is 5.32 Å². The molecule has 1 aliphatic rings. The molecule has 0 saturated heterocycles. The van der Waals surface area contributed by atoms with E-state index in [-0.39, 0.29) is 31.6 Å². The Bertz CT molecular complexity index is 449. The van der Waals surface area contributed by atoms with E-state index in [1.54, 1.807) is 13.8 Å². The van der Waals surface area contributed by atoms with E-state index >= 15 is 0 Å². The molecule has 146 valence electrons. The van der Waals surface area contributed by atoms with E-state index in [0.717, 1.165) is 12.8 Å². The van der Waals surface area contributed by atoms with Crippen molar-refractivity contribution in [3.63, 3.8) is 0 Å². The zero-order valence-electron chi connectivity index (χ0n) is 16.2. The van der Waals surface area contributed by atoms with Crippen LogP contribution in [0.4, 0.5) is 0 Å². The van der Waals surface area contributed by atoms with Crippen molar-refractivity contribution in [2.45, 2.75) is 72.5 Å². The predicted octanol–water partition coefficient (Wildman–Crippen LogP) is 1.88. The molecule has 4 atom stereocenters. The van der Waals surface area contributed by atoms with Gasteiger partial charge in [0.05, 0.1) is 13.0 Å². The SMILES string of the molecule is CC(C)[C@@H]1CC[C@@H](C)C[C@H]1OC(=O)CCNC(=O)[C@H](O)C(C)(C)CO. The molecule has 1 fully saturated rings. The van der Waals surface area contributed by atoms with E-state index in [9.17, 15) is 19.8 Å². The number of aliphatic hydroxyl groups is 2. The van der Waals surface area contributed by atoms with Crippen LogP contribution in [0.15, 0.2) is 0 Å². The minimum atomic E-state index is -1.32. The third kappa shape index (κ3) is 6.59. The van der Waals surface area contributed by atoms with Crippen LogP contribution in [0.25, 0.3) is 0 Å². The Morgan fingerprint density at radius 2 is 1.92 bits per heavy atom. The summed E-state index contributed by atoms with van der Waals surface area (Å²) >= 11 is 0. The van der Waals surface area contributed by atoms with Crippen molar-refractivity contribution in [2.75, 3.05) is 13.2 Å². The number of amides is 1. The molecule has 6 nitrogen and oxygen atoms in total. The van der Waals surface area contributed by atoms with Crippen LogP contribution in [-0.4, -0.2) is 47.4 Å². The Hall–Kier alpha value is -1.14. The summed E-state index contributed by atoms with van der Waals surface area (Å²) in [7, 11) is 0. The molecule has 1 aliphatic carbocycles. The fraction of sp³-hybridized carbons (Fsp3) is 0.895. The number of ether oxygens (including phenoxy) is 1. The van der Waals surface area contributed by atoms with Gasteiger partial charge in [0.25, 0.3) is 0 Å². The van der Waals surface area contributed by atoms with E-state index in [1.807, 2.05) is 0 Å². The summed E-state index contributed by atoms with van der Waals surface area (Å²) in [6.45, 7) is 9.51. The van der Waals surface area contributed by atoms with Crippen LogP contribution in [-0.2, 0) is 14.3 Å². The molecule has 0 aromatic carbocycles. The van der Waals surface area contributed by atoms with Crippen molar-refractivity contribution < 1.29 is 24.5 Å². The fourth-order valence-corrected chi connectivity index (χ4v) is 3.30. The highest BCUT2D eigenvalue weighted by Crippen LogP contribution is 2.35. The van der Waals surface area contributed by atoms with E-state index < -0.39 is 17.4 Å². The van der Waals surface area contributed by atoms with Gasteiger partial charge in [-0.05, 0) is 30.6 Å². The highest BCUT2D eigenvalue weighted by atomic mass is 16.5. The van der Waals surface area contributed by atoms with Gasteiger partial charge in [-0.15, -0.1) is 0 Å². The molecule has 1 amide bonds. The molecular weight excluding hydrogens is 322 g/mol. The lowest BCUT2D eigenvalue weighted by atomic mass is 9.75. The van der Waals surface area contributed by atoms with Crippen molar-refractivity contribution in [2.24, 2.45) is 23.2 Å². The van der Waals surface area contributed by atoms with E-state index in [4.69, 9.17) is 4.74 Å². The van der Waals surface area contributed by atoms with Gasteiger partial charge < -0.3 is 20.3 Å². The van der Waals surface area contributed by atoms with E-state index in [2.05, 4.69) is 26.1 Å². The topological polar surface area (TPSA) is 95.9 Å². The molecule has 0 aromatic heterocycles. The molecule has 0 spiro atoms. The first kappa shape index (κ1) is 21.9. The minimum absolute atomic E-state index is 0.0501. The molecule has 0 bridgehead atoms. The second-order valence-corrected chi connectivity index (χ2v) is 8.44. The average molecular weight is 357 g/mol. The first-order valence-electron chi connectivity index (χ1n) is 9.34. The zero-order valence-corrected chi connectivity index (χ0v) is 16.2. The molecule has 0 heterocycles. The second kappa shape index (κ2) is 9.53. The zero-order chi connectivity index (χ0) is 19.2. The highest BCUT2D eigenvalue weighted by molar-refractivity contribution is 5.81. The van der Waals surface area contributed by atoms with Crippen molar-refractivity contribution >= 4 is 11.9 Å². The maximum Gasteiger partial charge on any atom is 0.307 e. The summed E-state index contributed by atoms with van der Waals surface area (Å²) in [5.74, 6) is 0.519. The lowest BCUT2D eigenvalue weighted by molar-refractivity contribution is -0.155. The third-order valence-electron chi connectivity index (χ3n) is 5.27. The fourth-order valence-electron chi connectivity index (χ4n) is 3.30. The summed E-state index contributed by atoms with van der Waals surface area (Å²) in [5.41, 5.74) is -0.923. The van der Waals surface area contributed by atoms with Crippen LogP contribution < -0.4 is 5.32 Å². The van der Waals surface area contributed by atoms with Crippen LogP contribution >= 0.6 is 0 Å². The number of carbonyl (C=O) groups excluding carboxylic acids is 2. The minimum Gasteiger partial charge on any atom is -0.462 e. The van der Waals surface area contributed by atoms with Gasteiger partial charge in [-0.3, -0.25) is 9.59 Å². The predicted molar refractivity (Wildman–Crippen MR) is 95.7 cm³/mol. The Balaban J connectivity index is 2.42. The molecule has 1 saturated carbocycles. The summed E-state index contributed by atoms with van der Waals surface area (Å²) in [4.78, 5) is 24.0. The molecule has 1 rings (SSSR count). The van der Waals surface area contributed by atoms with Crippen molar-refractivity contribution in [1.29, 1.82) is 0 Å². The summed E-state index contributed by atoms with van der Waals surface area (Å²) in [6, 6.07) is 0. The smallest absolute Gasteiger partial charge is 0.307 e. The Morgan fingerprint density at radius 1 is 1.28 bits per heavy atom. The number of nitrogens with one attached hydrogen (secondary N) is 1. The van der Waals surface area contributed by atoms with Crippen LogP contribution in [0.1, 0.15) is 60.3 Å². The summed E-state index contributed by atoms with van der Waals surface area (Å²) in [5, 5.41) is 21.6. The number of rotatable bonds is 8. The highest BCUT2D eigenvalue weighted by Gasteiger charge is 2.34. The number of hydrogen-bond donors (Lipinski definition) is 3. The Labute approximate surface area is 151 Å². The van der Waals surface area contributed by atoms with Crippen molar-refractivity contribution in [3.8, 4) is 0 Å².